The fourth-order valence-electron chi connectivity index (χ4n) is 2.88. The topological polar surface area (TPSA) is 106 Å². The number of aryl methyl sites for hydroxylation is 1. The van der Waals surface area contributed by atoms with Gasteiger partial charge in [-0.25, -0.2) is 0 Å². The van der Waals surface area contributed by atoms with E-state index in [0.29, 0.717) is 21.6 Å². The number of aromatic nitrogens is 3. The zero-order chi connectivity index (χ0) is 22.5. The van der Waals surface area contributed by atoms with Crippen LogP contribution < -0.4 is 15.5 Å². The van der Waals surface area contributed by atoms with Gasteiger partial charge in [-0.2, -0.15) is 0 Å². The van der Waals surface area contributed by atoms with Crippen molar-refractivity contribution < 1.29 is 9.59 Å². The summed E-state index contributed by atoms with van der Waals surface area (Å²) in [7, 11) is 0. The Hall–Kier alpha value is -3.02. The predicted molar refractivity (Wildman–Crippen MR) is 130 cm³/mol. The molecule has 0 radical (unpaired) electrons. The van der Waals surface area contributed by atoms with Crippen molar-refractivity contribution in [3.8, 4) is 0 Å². The Bertz CT molecular complexity index is 1310. The van der Waals surface area contributed by atoms with Crippen LogP contribution in [0.3, 0.4) is 0 Å². The van der Waals surface area contributed by atoms with Crippen molar-refractivity contribution in [2.45, 2.75) is 24.2 Å². The number of rotatable bonds is 8. The second-order valence-electron chi connectivity index (χ2n) is 6.86. The molecule has 0 aliphatic rings. The van der Waals surface area contributed by atoms with Crippen LogP contribution in [-0.2, 0) is 16.1 Å². The largest absolute Gasteiger partial charge is 0.326 e. The Balaban J connectivity index is 1.26. The molecule has 0 unspecified atom stereocenters. The molecule has 2 N–H and O–H groups in total. The molecule has 4 aromatic rings. The number of hydrogen-bond acceptors (Lipinski definition) is 8. The highest BCUT2D eigenvalue weighted by Gasteiger charge is 2.13. The molecule has 2 amide bonds. The number of amides is 2. The maximum atomic E-state index is 12.4. The Morgan fingerprint density at radius 1 is 1.00 bits per heavy atom. The summed E-state index contributed by atoms with van der Waals surface area (Å²) < 4.78 is 2.94. The summed E-state index contributed by atoms with van der Waals surface area (Å²) >= 11 is 3.74. The smallest absolute Gasteiger partial charge is 0.308 e. The number of para-hydroxylation sites is 1. The molecule has 0 aliphatic heterocycles. The van der Waals surface area contributed by atoms with Gasteiger partial charge in [-0.3, -0.25) is 24.3 Å². The highest BCUT2D eigenvalue weighted by Crippen LogP contribution is 2.26. The summed E-state index contributed by atoms with van der Waals surface area (Å²) in [4.78, 5) is 36.5. The van der Waals surface area contributed by atoms with Crippen molar-refractivity contribution >= 4 is 67.3 Å². The van der Waals surface area contributed by atoms with E-state index in [1.807, 2.05) is 55.5 Å². The number of fused-ring (bicyclic) bond motifs is 1. The Morgan fingerprint density at radius 3 is 2.59 bits per heavy atom. The van der Waals surface area contributed by atoms with E-state index in [4.69, 9.17) is 0 Å². The van der Waals surface area contributed by atoms with E-state index in [1.54, 1.807) is 0 Å². The van der Waals surface area contributed by atoms with Gasteiger partial charge in [-0.05, 0) is 31.2 Å². The number of benzene rings is 2. The highest BCUT2D eigenvalue weighted by atomic mass is 32.2. The van der Waals surface area contributed by atoms with Gasteiger partial charge in [0.25, 0.3) is 0 Å². The maximum Gasteiger partial charge on any atom is 0.308 e. The molecule has 0 saturated carbocycles. The van der Waals surface area contributed by atoms with Crippen LogP contribution in [0.15, 0.2) is 57.7 Å². The molecular weight excluding hydrogens is 466 g/mol. The average Bonchev–Trinajstić information content (AvgIpc) is 3.33. The van der Waals surface area contributed by atoms with Gasteiger partial charge in [-0.15, -0.1) is 10.2 Å². The molecule has 0 saturated heterocycles. The average molecular weight is 486 g/mol. The van der Waals surface area contributed by atoms with Crippen molar-refractivity contribution in [3.63, 3.8) is 0 Å². The monoisotopic (exact) mass is 485 g/mol. The van der Waals surface area contributed by atoms with Crippen LogP contribution in [0.5, 0.6) is 0 Å². The quantitative estimate of drug-likeness (QED) is 0.289. The number of hydrogen-bond donors (Lipinski definition) is 2. The molecule has 4 rings (SSSR count). The summed E-state index contributed by atoms with van der Waals surface area (Å²) in [5, 5.41) is 13.9. The first-order chi connectivity index (χ1) is 15.5. The van der Waals surface area contributed by atoms with Gasteiger partial charge < -0.3 is 5.32 Å². The minimum atomic E-state index is -0.346. The Kier molecular flexibility index (Phi) is 6.98. The van der Waals surface area contributed by atoms with Crippen molar-refractivity contribution in [1.82, 2.24) is 14.8 Å². The number of nitrogens with zero attached hydrogens (tertiary/aromatic N) is 3. The molecule has 2 aromatic carbocycles. The van der Waals surface area contributed by atoms with Gasteiger partial charge >= 0.3 is 4.87 Å². The van der Waals surface area contributed by atoms with Gasteiger partial charge in [0.05, 0.1) is 10.2 Å². The molecule has 0 spiro atoms. The lowest BCUT2D eigenvalue weighted by Gasteiger charge is -2.04. The van der Waals surface area contributed by atoms with Crippen LogP contribution >= 0.6 is 34.4 Å². The van der Waals surface area contributed by atoms with Gasteiger partial charge in [0, 0.05) is 17.9 Å². The molecule has 0 fully saturated rings. The third-order valence-electron chi connectivity index (χ3n) is 4.42. The van der Waals surface area contributed by atoms with Gasteiger partial charge in [0.15, 0.2) is 4.34 Å². The number of thioether (sulfide) groups is 1. The summed E-state index contributed by atoms with van der Waals surface area (Å²) in [6, 6.07) is 15.0. The molecule has 0 aliphatic carbocycles. The standard InChI is InChI=1S/C21H19N5O3S3/c1-13-6-8-14(9-7-13)22-17(27)10-11-30-20-25-24-19(32-20)23-18(28)12-26-15-4-2-3-5-16(15)31-21(26)29/h2-9H,10-12H2,1H3,(H,22,27)(H,23,24,28). The van der Waals surface area contributed by atoms with E-state index in [9.17, 15) is 14.4 Å². The van der Waals surface area contributed by atoms with Crippen LogP contribution in [0.4, 0.5) is 10.8 Å². The molecule has 8 nitrogen and oxygen atoms in total. The molecule has 32 heavy (non-hydrogen) atoms. The summed E-state index contributed by atoms with van der Waals surface area (Å²) in [5.41, 5.74) is 2.63. The van der Waals surface area contributed by atoms with E-state index in [1.165, 1.54) is 27.7 Å². The fourth-order valence-corrected chi connectivity index (χ4v) is 5.54. The van der Waals surface area contributed by atoms with E-state index in [0.717, 1.165) is 32.8 Å². The highest BCUT2D eigenvalue weighted by molar-refractivity contribution is 8.01. The van der Waals surface area contributed by atoms with Crippen molar-refractivity contribution in [1.29, 1.82) is 0 Å². The van der Waals surface area contributed by atoms with Crippen molar-refractivity contribution in [3.05, 3.63) is 63.8 Å². The lowest BCUT2D eigenvalue weighted by molar-refractivity contribution is -0.117. The second-order valence-corrected chi connectivity index (χ2v) is 10.2. The van der Waals surface area contributed by atoms with Crippen LogP contribution in [0.2, 0.25) is 0 Å². The number of anilines is 2. The predicted octanol–water partition coefficient (Wildman–Crippen LogP) is 3.98. The lowest BCUT2D eigenvalue weighted by Crippen LogP contribution is -2.24. The summed E-state index contributed by atoms with van der Waals surface area (Å²) in [5.74, 6) is 0.116. The number of carbonyl (C=O) groups excluding carboxylic acids is 2. The molecule has 164 valence electrons. The lowest BCUT2D eigenvalue weighted by atomic mass is 10.2. The SMILES string of the molecule is Cc1ccc(NC(=O)CCSc2nnc(NC(=O)Cn3c(=O)sc4ccccc43)s2)cc1. The van der Waals surface area contributed by atoms with Crippen LogP contribution in [0.25, 0.3) is 10.2 Å². The number of thiazole rings is 1. The Morgan fingerprint density at radius 2 is 1.78 bits per heavy atom. The minimum absolute atomic E-state index is 0.0761. The van der Waals surface area contributed by atoms with Crippen molar-refractivity contribution in [2.24, 2.45) is 0 Å². The zero-order valence-corrected chi connectivity index (χ0v) is 19.5. The van der Waals surface area contributed by atoms with E-state index >= 15 is 0 Å². The van der Waals surface area contributed by atoms with E-state index in [-0.39, 0.29) is 23.2 Å². The van der Waals surface area contributed by atoms with Gasteiger partial charge in [-0.1, -0.05) is 64.3 Å². The number of carbonyl (C=O) groups is 2. The fraction of sp³-hybridized carbons (Fsp3) is 0.190. The third-order valence-corrected chi connectivity index (χ3v) is 7.35. The van der Waals surface area contributed by atoms with Crippen molar-refractivity contribution in [2.75, 3.05) is 16.4 Å². The van der Waals surface area contributed by atoms with E-state index < -0.39 is 0 Å². The summed E-state index contributed by atoms with van der Waals surface area (Å²) in [6.45, 7) is 1.90. The molecule has 11 heteroatoms. The molecule has 0 atom stereocenters. The second kappa shape index (κ2) is 10.1. The van der Waals surface area contributed by atoms with Gasteiger partial charge in [0.2, 0.25) is 16.9 Å². The minimum Gasteiger partial charge on any atom is -0.326 e. The van der Waals surface area contributed by atoms with Crippen LogP contribution in [0, 0.1) is 6.92 Å². The molecular formula is C21H19N5O3S3. The van der Waals surface area contributed by atoms with Gasteiger partial charge in [0.1, 0.15) is 6.54 Å². The molecule has 2 heterocycles. The van der Waals surface area contributed by atoms with E-state index in [2.05, 4.69) is 20.8 Å². The first kappa shape index (κ1) is 22.2. The normalized spacial score (nSPS) is 10.9. The summed E-state index contributed by atoms with van der Waals surface area (Å²) in [6.07, 6.45) is 0.327. The zero-order valence-electron chi connectivity index (χ0n) is 17.0. The number of nitrogens with one attached hydrogen (secondary N) is 2. The maximum absolute atomic E-state index is 12.4. The molecule has 2 aromatic heterocycles. The third kappa shape index (κ3) is 5.61. The molecule has 0 bridgehead atoms. The first-order valence-corrected chi connectivity index (χ1v) is 12.3. The Labute approximate surface area is 195 Å². The van der Waals surface area contributed by atoms with Crippen LogP contribution in [0.1, 0.15) is 12.0 Å². The first-order valence-electron chi connectivity index (χ1n) is 9.69. The van der Waals surface area contributed by atoms with Crippen LogP contribution in [-0.4, -0.2) is 32.3 Å².